The lowest BCUT2D eigenvalue weighted by atomic mass is 9.75. The van der Waals surface area contributed by atoms with Gasteiger partial charge in [0.2, 0.25) is 0 Å². The average molecular weight is 212 g/mol. The molecule has 0 heterocycles. The second-order valence-corrected chi connectivity index (χ2v) is 4.78. The molecule has 0 spiro atoms. The van der Waals surface area contributed by atoms with Crippen LogP contribution in [0.1, 0.15) is 40.0 Å². The summed E-state index contributed by atoms with van der Waals surface area (Å²) in [6.07, 6.45) is 3.49. The molecule has 0 aliphatic heterocycles. The Morgan fingerprint density at radius 3 is 2.67 bits per heavy atom. The van der Waals surface area contributed by atoms with Crippen LogP contribution in [0.4, 0.5) is 0 Å². The van der Waals surface area contributed by atoms with Gasteiger partial charge in [0.05, 0.1) is 11.7 Å². The molecule has 0 amide bonds. The smallest absolute Gasteiger partial charge is 0.0911 e. The molecule has 15 heavy (non-hydrogen) atoms. The fourth-order valence-electron chi connectivity index (χ4n) is 2.37. The molecule has 0 aromatic rings. The van der Waals surface area contributed by atoms with Crippen molar-refractivity contribution in [3.05, 3.63) is 12.2 Å². The van der Waals surface area contributed by atoms with Crippen molar-refractivity contribution in [2.45, 2.75) is 51.7 Å². The lowest BCUT2D eigenvalue weighted by Crippen LogP contribution is -2.47. The minimum absolute atomic E-state index is 0.109. The number of ether oxygens (including phenoxy) is 2. The largest absolute Gasteiger partial charge is 0.376 e. The molecule has 2 heteroatoms. The van der Waals surface area contributed by atoms with Gasteiger partial charge in [0.15, 0.2) is 0 Å². The molecular formula is C13H24O2. The Bertz CT molecular complexity index is 225. The minimum atomic E-state index is -0.109. The third-order valence-corrected chi connectivity index (χ3v) is 3.70. The van der Waals surface area contributed by atoms with E-state index in [-0.39, 0.29) is 11.7 Å². The van der Waals surface area contributed by atoms with Crippen molar-refractivity contribution in [3.8, 4) is 0 Å². The van der Waals surface area contributed by atoms with Crippen molar-refractivity contribution < 1.29 is 9.47 Å². The van der Waals surface area contributed by atoms with Crippen molar-refractivity contribution in [1.29, 1.82) is 0 Å². The molecule has 0 saturated heterocycles. The standard InChI is InChI=1S/C13H24O2/c1-6-15-12-9-11(10(2)3)7-8-13(12,4)14-5/h11-12H,2,6-9H2,1,3-5H3/t11-,12+,13+/m1/s1. The van der Waals surface area contributed by atoms with Crippen LogP contribution in [0, 0.1) is 5.92 Å². The Morgan fingerprint density at radius 2 is 2.20 bits per heavy atom. The molecule has 1 aliphatic carbocycles. The van der Waals surface area contributed by atoms with Gasteiger partial charge in [0, 0.05) is 13.7 Å². The summed E-state index contributed by atoms with van der Waals surface area (Å²) in [5.41, 5.74) is 1.17. The third-order valence-electron chi connectivity index (χ3n) is 3.70. The zero-order valence-corrected chi connectivity index (χ0v) is 10.5. The predicted octanol–water partition coefficient (Wildman–Crippen LogP) is 3.17. The molecule has 1 saturated carbocycles. The fourth-order valence-corrected chi connectivity index (χ4v) is 2.37. The highest BCUT2D eigenvalue weighted by Crippen LogP contribution is 2.38. The summed E-state index contributed by atoms with van der Waals surface area (Å²) < 4.78 is 11.4. The average Bonchev–Trinajstić information content (AvgIpc) is 2.21. The van der Waals surface area contributed by atoms with E-state index in [0.29, 0.717) is 5.92 Å². The van der Waals surface area contributed by atoms with Crippen molar-refractivity contribution in [3.63, 3.8) is 0 Å². The van der Waals surface area contributed by atoms with Crippen molar-refractivity contribution in [2.75, 3.05) is 13.7 Å². The van der Waals surface area contributed by atoms with Crippen LogP contribution in [-0.4, -0.2) is 25.4 Å². The Labute approximate surface area is 93.7 Å². The van der Waals surface area contributed by atoms with Gasteiger partial charge in [-0.3, -0.25) is 0 Å². The summed E-state index contributed by atoms with van der Waals surface area (Å²) in [5.74, 6) is 0.602. The lowest BCUT2D eigenvalue weighted by Gasteiger charge is -2.43. The molecule has 0 bridgehead atoms. The number of hydrogen-bond acceptors (Lipinski definition) is 2. The van der Waals surface area contributed by atoms with Crippen LogP contribution in [-0.2, 0) is 9.47 Å². The molecule has 1 aliphatic rings. The summed E-state index contributed by atoms with van der Waals surface area (Å²) in [7, 11) is 1.78. The summed E-state index contributed by atoms with van der Waals surface area (Å²) in [5, 5.41) is 0. The van der Waals surface area contributed by atoms with Crippen LogP contribution in [0.3, 0.4) is 0 Å². The van der Waals surface area contributed by atoms with Gasteiger partial charge in [-0.1, -0.05) is 12.2 Å². The highest BCUT2D eigenvalue weighted by molar-refractivity contribution is 5.03. The zero-order chi connectivity index (χ0) is 11.5. The Balaban J connectivity index is 2.69. The maximum absolute atomic E-state index is 5.80. The van der Waals surface area contributed by atoms with Gasteiger partial charge < -0.3 is 9.47 Å². The van der Waals surface area contributed by atoms with Crippen LogP contribution < -0.4 is 0 Å². The van der Waals surface area contributed by atoms with Gasteiger partial charge in [-0.05, 0) is 46.0 Å². The van der Waals surface area contributed by atoms with E-state index >= 15 is 0 Å². The number of rotatable bonds is 4. The second kappa shape index (κ2) is 5.13. The van der Waals surface area contributed by atoms with E-state index in [9.17, 15) is 0 Å². The molecule has 0 radical (unpaired) electrons. The molecule has 88 valence electrons. The van der Waals surface area contributed by atoms with Gasteiger partial charge in [-0.15, -0.1) is 0 Å². The van der Waals surface area contributed by atoms with E-state index in [0.717, 1.165) is 19.4 Å². The number of allylic oxidation sites excluding steroid dienone is 1. The van der Waals surface area contributed by atoms with Crippen molar-refractivity contribution in [1.82, 2.24) is 0 Å². The topological polar surface area (TPSA) is 18.5 Å². The normalized spacial score (nSPS) is 36.5. The van der Waals surface area contributed by atoms with Crippen molar-refractivity contribution in [2.24, 2.45) is 5.92 Å². The zero-order valence-electron chi connectivity index (χ0n) is 10.5. The first kappa shape index (κ1) is 12.7. The van der Waals surface area contributed by atoms with E-state index in [1.165, 1.54) is 12.0 Å². The maximum atomic E-state index is 5.80. The first-order chi connectivity index (χ1) is 7.03. The quantitative estimate of drug-likeness (QED) is 0.666. The van der Waals surface area contributed by atoms with Crippen LogP contribution in [0.15, 0.2) is 12.2 Å². The monoisotopic (exact) mass is 212 g/mol. The van der Waals surface area contributed by atoms with E-state index < -0.39 is 0 Å². The van der Waals surface area contributed by atoms with E-state index in [4.69, 9.17) is 9.47 Å². The summed E-state index contributed by atoms with van der Waals surface area (Å²) in [4.78, 5) is 0. The minimum Gasteiger partial charge on any atom is -0.376 e. The van der Waals surface area contributed by atoms with Gasteiger partial charge >= 0.3 is 0 Å². The highest BCUT2D eigenvalue weighted by atomic mass is 16.5. The van der Waals surface area contributed by atoms with Gasteiger partial charge in [0.1, 0.15) is 0 Å². The van der Waals surface area contributed by atoms with E-state index in [2.05, 4.69) is 20.4 Å². The molecule has 0 N–H and O–H groups in total. The van der Waals surface area contributed by atoms with Crippen LogP contribution >= 0.6 is 0 Å². The first-order valence-electron chi connectivity index (χ1n) is 5.85. The summed E-state index contributed by atoms with van der Waals surface area (Å²) in [6.45, 7) is 11.1. The Morgan fingerprint density at radius 1 is 1.53 bits per heavy atom. The number of hydrogen-bond donors (Lipinski definition) is 0. The third kappa shape index (κ3) is 2.82. The van der Waals surface area contributed by atoms with Crippen LogP contribution in [0.5, 0.6) is 0 Å². The SMILES string of the molecule is C=C(C)[C@@H]1CC[C@](C)(OC)[C@@H](OCC)C1. The predicted molar refractivity (Wildman–Crippen MR) is 63.0 cm³/mol. The van der Waals surface area contributed by atoms with Gasteiger partial charge in [-0.2, -0.15) is 0 Å². The molecule has 0 aromatic heterocycles. The summed E-state index contributed by atoms with van der Waals surface area (Å²) in [6, 6.07) is 0. The molecule has 3 atom stereocenters. The molecule has 2 nitrogen and oxygen atoms in total. The molecular weight excluding hydrogens is 188 g/mol. The maximum Gasteiger partial charge on any atom is 0.0911 e. The Hall–Kier alpha value is -0.340. The fraction of sp³-hybridized carbons (Fsp3) is 0.846. The molecule has 0 aromatic carbocycles. The van der Waals surface area contributed by atoms with Crippen molar-refractivity contribution >= 4 is 0 Å². The highest BCUT2D eigenvalue weighted by Gasteiger charge is 2.40. The second-order valence-electron chi connectivity index (χ2n) is 4.78. The van der Waals surface area contributed by atoms with E-state index in [1.807, 2.05) is 6.92 Å². The van der Waals surface area contributed by atoms with E-state index in [1.54, 1.807) is 7.11 Å². The molecule has 1 rings (SSSR count). The number of methoxy groups -OCH3 is 1. The van der Waals surface area contributed by atoms with Gasteiger partial charge in [0.25, 0.3) is 0 Å². The first-order valence-corrected chi connectivity index (χ1v) is 5.85. The van der Waals surface area contributed by atoms with Gasteiger partial charge in [-0.25, -0.2) is 0 Å². The van der Waals surface area contributed by atoms with Crippen LogP contribution in [0.25, 0.3) is 0 Å². The molecule has 0 unspecified atom stereocenters. The van der Waals surface area contributed by atoms with Crippen LogP contribution in [0.2, 0.25) is 0 Å². The molecule has 1 fully saturated rings. The lowest BCUT2D eigenvalue weighted by molar-refractivity contribution is -0.144. The Kier molecular flexibility index (Phi) is 4.35. The summed E-state index contributed by atoms with van der Waals surface area (Å²) >= 11 is 0.